The summed E-state index contributed by atoms with van der Waals surface area (Å²) in [4.78, 5) is 0. The van der Waals surface area contributed by atoms with Crippen LogP contribution in [0.25, 0.3) is 0 Å². The van der Waals surface area contributed by atoms with Crippen molar-refractivity contribution >= 4 is 0 Å². The Hall–Kier alpha value is -0.840. The normalized spacial score (nSPS) is 30.4. The molecule has 0 aromatic carbocycles. The van der Waals surface area contributed by atoms with Gasteiger partial charge in [0.15, 0.2) is 0 Å². The first kappa shape index (κ1) is 12.2. The Morgan fingerprint density at radius 2 is 1.73 bits per heavy atom. The van der Waals surface area contributed by atoms with Gasteiger partial charge in [0.25, 0.3) is 0 Å². The van der Waals surface area contributed by atoms with Gasteiger partial charge in [0.05, 0.1) is 5.54 Å². The van der Waals surface area contributed by atoms with E-state index in [4.69, 9.17) is 22.9 Å². The largest absolute Gasteiger partial charge is 0.400 e. The van der Waals surface area contributed by atoms with E-state index in [9.17, 15) is 0 Å². The molecule has 0 fully saturated rings. The number of hydrogen-bond acceptors (Lipinski definition) is 4. The molecule has 86 valence electrons. The molecule has 0 saturated carbocycles. The molecule has 4 nitrogen and oxygen atoms in total. The molecule has 0 aromatic rings. The van der Waals surface area contributed by atoms with Gasteiger partial charge in [0.2, 0.25) is 0 Å². The Kier molecular flexibility index (Phi) is 2.96. The molecule has 0 spiro atoms. The maximum Gasteiger partial charge on any atom is 0.110 e. The maximum atomic E-state index is 6.26. The van der Waals surface area contributed by atoms with Crippen LogP contribution in [0, 0.1) is 0 Å². The van der Waals surface area contributed by atoms with Crippen LogP contribution < -0.4 is 22.9 Å². The molecule has 4 heteroatoms. The summed E-state index contributed by atoms with van der Waals surface area (Å²) in [5.74, 6) is 0. The van der Waals surface area contributed by atoms with Gasteiger partial charge in [0, 0.05) is 5.70 Å². The zero-order valence-corrected chi connectivity index (χ0v) is 9.80. The zero-order chi connectivity index (χ0) is 11.9. The highest BCUT2D eigenvalue weighted by Gasteiger charge is 2.48. The summed E-state index contributed by atoms with van der Waals surface area (Å²) >= 11 is 0. The molecular weight excluding hydrogens is 188 g/mol. The Morgan fingerprint density at radius 1 is 1.20 bits per heavy atom. The van der Waals surface area contributed by atoms with Gasteiger partial charge >= 0.3 is 0 Å². The summed E-state index contributed by atoms with van der Waals surface area (Å²) in [6.45, 7) is 5.90. The van der Waals surface area contributed by atoms with E-state index in [1.54, 1.807) is 0 Å². The van der Waals surface area contributed by atoms with Gasteiger partial charge in [0.1, 0.15) is 5.66 Å². The predicted octanol–water partition coefficient (Wildman–Crippen LogP) is 0.290. The Balaban J connectivity index is 3.37. The second kappa shape index (κ2) is 3.63. The van der Waals surface area contributed by atoms with Crippen LogP contribution in [-0.2, 0) is 0 Å². The van der Waals surface area contributed by atoms with E-state index in [1.807, 2.05) is 26.8 Å². The van der Waals surface area contributed by atoms with Crippen molar-refractivity contribution in [3.05, 3.63) is 22.9 Å². The molecule has 0 saturated heterocycles. The van der Waals surface area contributed by atoms with E-state index in [2.05, 4.69) is 0 Å². The standard InChI is InChI=1S/C11H22N4/c1-4-8-6-7(3)11(14,15)10(13,5-2)9(8)12/h6H,4-5,12-15H2,1-3H3. The van der Waals surface area contributed by atoms with E-state index < -0.39 is 11.2 Å². The predicted molar refractivity (Wildman–Crippen MR) is 63.6 cm³/mol. The quantitative estimate of drug-likeness (QED) is 0.492. The molecule has 8 N–H and O–H groups in total. The summed E-state index contributed by atoms with van der Waals surface area (Å²) < 4.78 is 0. The highest BCUT2D eigenvalue weighted by Crippen LogP contribution is 2.35. The van der Waals surface area contributed by atoms with Gasteiger partial charge in [-0.05, 0) is 30.9 Å². The van der Waals surface area contributed by atoms with Gasteiger partial charge in [-0.15, -0.1) is 0 Å². The second-order valence-corrected chi connectivity index (χ2v) is 4.31. The number of nitrogens with two attached hydrogens (primary N) is 4. The highest BCUT2D eigenvalue weighted by atomic mass is 15.1. The van der Waals surface area contributed by atoms with Gasteiger partial charge in [-0.1, -0.05) is 19.9 Å². The SMILES string of the molecule is CCC1=C(N)C(N)(CC)C(N)(N)C(C)=C1. The van der Waals surface area contributed by atoms with Gasteiger partial charge in [-0.3, -0.25) is 0 Å². The number of hydrogen-bond donors (Lipinski definition) is 4. The molecule has 1 atom stereocenters. The van der Waals surface area contributed by atoms with E-state index in [-0.39, 0.29) is 0 Å². The van der Waals surface area contributed by atoms with Crippen molar-refractivity contribution in [3.63, 3.8) is 0 Å². The van der Waals surface area contributed by atoms with Crippen molar-refractivity contribution in [3.8, 4) is 0 Å². The fourth-order valence-electron chi connectivity index (χ4n) is 2.10. The fourth-order valence-corrected chi connectivity index (χ4v) is 2.10. The van der Waals surface area contributed by atoms with Gasteiger partial charge < -0.3 is 22.9 Å². The zero-order valence-electron chi connectivity index (χ0n) is 9.80. The molecule has 1 unspecified atom stereocenters. The highest BCUT2D eigenvalue weighted by molar-refractivity contribution is 5.46. The summed E-state index contributed by atoms with van der Waals surface area (Å²) in [6, 6.07) is 0. The van der Waals surface area contributed by atoms with Crippen LogP contribution in [0.3, 0.4) is 0 Å². The van der Waals surface area contributed by atoms with Crippen LogP contribution in [0.15, 0.2) is 22.9 Å². The van der Waals surface area contributed by atoms with Crippen molar-refractivity contribution in [2.24, 2.45) is 22.9 Å². The Morgan fingerprint density at radius 3 is 2.13 bits per heavy atom. The van der Waals surface area contributed by atoms with Gasteiger partial charge in [-0.2, -0.15) is 0 Å². The topological polar surface area (TPSA) is 104 Å². The van der Waals surface area contributed by atoms with Crippen molar-refractivity contribution in [1.29, 1.82) is 0 Å². The third-order valence-electron chi connectivity index (χ3n) is 3.55. The Labute approximate surface area is 91.4 Å². The smallest absolute Gasteiger partial charge is 0.110 e. The first-order chi connectivity index (χ1) is 6.81. The van der Waals surface area contributed by atoms with Crippen molar-refractivity contribution < 1.29 is 0 Å². The van der Waals surface area contributed by atoms with Crippen LogP contribution in [0.5, 0.6) is 0 Å². The minimum Gasteiger partial charge on any atom is -0.400 e. The van der Waals surface area contributed by atoms with E-state index in [0.717, 1.165) is 17.6 Å². The Bertz CT molecular complexity index is 327. The molecule has 0 bridgehead atoms. The van der Waals surface area contributed by atoms with Crippen LogP contribution in [0.1, 0.15) is 33.6 Å². The lowest BCUT2D eigenvalue weighted by Gasteiger charge is -2.47. The lowest BCUT2D eigenvalue weighted by Crippen LogP contribution is -2.74. The average molecular weight is 210 g/mol. The lowest BCUT2D eigenvalue weighted by molar-refractivity contribution is 0.287. The average Bonchev–Trinajstić information content (AvgIpc) is 2.21. The van der Waals surface area contributed by atoms with E-state index in [0.29, 0.717) is 12.1 Å². The first-order valence-corrected chi connectivity index (χ1v) is 5.35. The molecule has 0 heterocycles. The summed E-state index contributed by atoms with van der Waals surface area (Å²) in [5, 5.41) is 0. The minimum absolute atomic E-state index is 0.626. The third-order valence-corrected chi connectivity index (χ3v) is 3.55. The fraction of sp³-hybridized carbons (Fsp3) is 0.636. The third kappa shape index (κ3) is 1.49. The molecule has 0 aliphatic heterocycles. The first-order valence-electron chi connectivity index (χ1n) is 5.35. The lowest BCUT2D eigenvalue weighted by atomic mass is 9.71. The van der Waals surface area contributed by atoms with E-state index in [1.165, 1.54) is 0 Å². The molecule has 15 heavy (non-hydrogen) atoms. The number of rotatable bonds is 2. The summed E-state index contributed by atoms with van der Waals surface area (Å²) in [6.07, 6.45) is 3.43. The van der Waals surface area contributed by atoms with Crippen molar-refractivity contribution in [2.75, 3.05) is 0 Å². The summed E-state index contributed by atoms with van der Waals surface area (Å²) in [5.41, 5.74) is 25.2. The minimum atomic E-state index is -1.05. The van der Waals surface area contributed by atoms with Crippen LogP contribution in [-0.4, -0.2) is 11.2 Å². The van der Waals surface area contributed by atoms with Crippen LogP contribution in [0.2, 0.25) is 0 Å². The van der Waals surface area contributed by atoms with Crippen LogP contribution >= 0.6 is 0 Å². The monoisotopic (exact) mass is 210 g/mol. The molecule has 0 amide bonds. The molecule has 1 rings (SSSR count). The van der Waals surface area contributed by atoms with Crippen LogP contribution in [0.4, 0.5) is 0 Å². The van der Waals surface area contributed by atoms with E-state index >= 15 is 0 Å². The summed E-state index contributed by atoms with van der Waals surface area (Å²) in [7, 11) is 0. The molecule has 0 aromatic heterocycles. The molecule has 1 aliphatic carbocycles. The molecular formula is C11H22N4. The van der Waals surface area contributed by atoms with Crippen molar-refractivity contribution in [1.82, 2.24) is 0 Å². The van der Waals surface area contributed by atoms with Gasteiger partial charge in [-0.25, -0.2) is 0 Å². The second-order valence-electron chi connectivity index (χ2n) is 4.31. The van der Waals surface area contributed by atoms with Crippen molar-refractivity contribution in [2.45, 2.75) is 44.8 Å². The number of allylic oxidation sites excluding steroid dienone is 2. The molecule has 0 radical (unpaired) electrons. The molecule has 1 aliphatic rings. The maximum absolute atomic E-state index is 6.26.